The van der Waals surface area contributed by atoms with E-state index in [-0.39, 0.29) is 6.61 Å². The second-order valence-electron chi connectivity index (χ2n) is 11.8. The van der Waals surface area contributed by atoms with Crippen molar-refractivity contribution in [3.63, 3.8) is 0 Å². The highest BCUT2D eigenvalue weighted by atomic mass is 35.5. The Morgan fingerprint density at radius 1 is 0.958 bits per heavy atom. The third-order valence-electron chi connectivity index (χ3n) is 8.68. The number of nitrogens with zero attached hydrogens (tertiary/aromatic N) is 5. The minimum absolute atomic E-state index is 0.0192. The first-order chi connectivity index (χ1) is 23.1. The minimum atomic E-state index is -0.427. The topological polar surface area (TPSA) is 107 Å². The van der Waals surface area contributed by atoms with Crippen LogP contribution in [0.5, 0.6) is 5.75 Å². The second kappa shape index (κ2) is 14.3. The molecule has 3 aromatic heterocycles. The van der Waals surface area contributed by atoms with E-state index in [1.165, 1.54) is 7.11 Å². The van der Waals surface area contributed by atoms with E-state index >= 15 is 0 Å². The van der Waals surface area contributed by atoms with Crippen LogP contribution in [0.3, 0.4) is 0 Å². The van der Waals surface area contributed by atoms with E-state index in [2.05, 4.69) is 12.1 Å². The third kappa shape index (κ3) is 6.44. The lowest BCUT2D eigenvalue weighted by Crippen LogP contribution is -2.11. The average Bonchev–Trinajstić information content (AvgIpc) is 3.67. The maximum atomic E-state index is 13.0. The van der Waals surface area contributed by atoms with Gasteiger partial charge in [0.05, 0.1) is 34.7 Å². The van der Waals surface area contributed by atoms with Crippen molar-refractivity contribution in [3.05, 3.63) is 93.5 Å². The number of aliphatic hydroxyl groups is 1. The number of phenolic OH excluding ortho intramolecular Hbond substituents is 1. The molecule has 0 fully saturated rings. The Morgan fingerprint density at radius 2 is 1.75 bits per heavy atom. The lowest BCUT2D eigenvalue weighted by atomic mass is 10.0. The summed E-state index contributed by atoms with van der Waals surface area (Å²) in [5.74, 6) is 1.99. The van der Waals surface area contributed by atoms with Gasteiger partial charge in [0.2, 0.25) is 0 Å². The number of methoxy groups -OCH3 is 1. The standard InChI is InChI=1S/C36H38ClN5O4S2/c1-21-29(20-47-18-23-16-24(41(3)39-23)19-48-25-15-22-9-6-7-10-26(22)31(44)17-25)34(42(4)38-21)32-30(37)13-12-28-27(11-8-14-43)35(36(45)46-5)40(2)33(28)32/h6-7,9-10,12-13,15-17,43-44H,8,11,14,18-20H2,1-5H3. The molecule has 2 N–H and O–H groups in total. The molecule has 0 radical (unpaired) electrons. The molecule has 12 heteroatoms. The van der Waals surface area contributed by atoms with Crippen molar-refractivity contribution >= 4 is 62.8 Å². The van der Waals surface area contributed by atoms with E-state index in [0.29, 0.717) is 40.8 Å². The molecule has 6 rings (SSSR count). The number of thioether (sulfide) groups is 2. The Bertz CT molecular complexity index is 2150. The first-order valence-corrected chi connectivity index (χ1v) is 18.1. The van der Waals surface area contributed by atoms with E-state index in [0.717, 1.165) is 71.8 Å². The number of carbonyl (C=O) groups is 1. The fourth-order valence-electron chi connectivity index (χ4n) is 6.42. The number of hydrogen-bond donors (Lipinski definition) is 2. The summed E-state index contributed by atoms with van der Waals surface area (Å²) in [5, 5.41) is 33.0. The lowest BCUT2D eigenvalue weighted by Gasteiger charge is -2.13. The molecule has 0 aliphatic heterocycles. The van der Waals surface area contributed by atoms with Crippen molar-refractivity contribution in [2.45, 2.75) is 41.9 Å². The molecule has 3 aromatic carbocycles. The van der Waals surface area contributed by atoms with Gasteiger partial charge >= 0.3 is 5.97 Å². The first kappa shape index (κ1) is 34.0. The molecule has 0 spiro atoms. The van der Waals surface area contributed by atoms with Crippen LogP contribution in [0, 0.1) is 6.92 Å². The molecule has 6 aromatic rings. The molecule has 0 aliphatic carbocycles. The van der Waals surface area contributed by atoms with Crippen LogP contribution < -0.4 is 0 Å². The molecule has 0 amide bonds. The Kier molecular flexibility index (Phi) is 10.1. The van der Waals surface area contributed by atoms with Gasteiger partial charge in [0.25, 0.3) is 0 Å². The van der Waals surface area contributed by atoms with Crippen molar-refractivity contribution in [2.24, 2.45) is 21.1 Å². The van der Waals surface area contributed by atoms with Crippen molar-refractivity contribution in [3.8, 4) is 17.0 Å². The van der Waals surface area contributed by atoms with Crippen LogP contribution in [-0.2, 0) is 49.6 Å². The molecule has 0 aliphatic rings. The molecular formula is C36H38ClN5O4S2. The van der Waals surface area contributed by atoms with Crippen LogP contribution in [0.1, 0.15) is 45.1 Å². The van der Waals surface area contributed by atoms with Crippen molar-refractivity contribution in [2.75, 3.05) is 13.7 Å². The smallest absolute Gasteiger partial charge is 0.354 e. The van der Waals surface area contributed by atoms with Gasteiger partial charge in [0, 0.05) is 77.5 Å². The molecule has 0 unspecified atom stereocenters. The summed E-state index contributed by atoms with van der Waals surface area (Å²) in [6.45, 7) is 2.02. The number of fused-ring (bicyclic) bond motifs is 2. The number of esters is 1. The van der Waals surface area contributed by atoms with Gasteiger partial charge in [-0.3, -0.25) is 9.36 Å². The summed E-state index contributed by atoms with van der Waals surface area (Å²) < 4.78 is 10.8. The Balaban J connectivity index is 1.24. The van der Waals surface area contributed by atoms with Crippen LogP contribution in [-0.4, -0.2) is 54.0 Å². The number of aryl methyl sites for hydroxylation is 5. The molecule has 0 saturated carbocycles. The molecule has 3 heterocycles. The fourth-order valence-corrected chi connectivity index (χ4v) is 8.65. The number of carbonyl (C=O) groups excluding carboxylic acids is 1. The molecule has 0 saturated heterocycles. The Morgan fingerprint density at radius 3 is 2.52 bits per heavy atom. The van der Waals surface area contributed by atoms with Crippen LogP contribution in [0.15, 0.2) is 59.5 Å². The number of ether oxygens (including phenoxy) is 1. The molecule has 48 heavy (non-hydrogen) atoms. The molecule has 250 valence electrons. The van der Waals surface area contributed by atoms with Crippen molar-refractivity contribution < 1.29 is 19.7 Å². The van der Waals surface area contributed by atoms with Crippen LogP contribution >= 0.6 is 35.1 Å². The predicted molar refractivity (Wildman–Crippen MR) is 195 cm³/mol. The van der Waals surface area contributed by atoms with Gasteiger partial charge in [0.15, 0.2) is 0 Å². The lowest BCUT2D eigenvalue weighted by molar-refractivity contribution is 0.0589. The van der Waals surface area contributed by atoms with Gasteiger partial charge in [-0.25, -0.2) is 4.79 Å². The number of phenols is 1. The van der Waals surface area contributed by atoms with Gasteiger partial charge in [-0.15, -0.1) is 11.8 Å². The minimum Gasteiger partial charge on any atom is -0.507 e. The van der Waals surface area contributed by atoms with Gasteiger partial charge in [-0.2, -0.15) is 22.0 Å². The number of aromatic nitrogens is 5. The van der Waals surface area contributed by atoms with Gasteiger partial charge in [-0.05, 0) is 55.0 Å². The largest absolute Gasteiger partial charge is 0.507 e. The first-order valence-electron chi connectivity index (χ1n) is 15.6. The number of aromatic hydroxyl groups is 1. The SMILES string of the molecule is COC(=O)c1c(CCCO)c2ccc(Cl)c(-c3c(CSCc4cc(CSc5cc(O)c6ccccc6c5)n(C)n4)c(C)nn3C)c2n1C. The van der Waals surface area contributed by atoms with Gasteiger partial charge in [0.1, 0.15) is 11.4 Å². The Hall–Kier alpha value is -3.90. The zero-order valence-electron chi connectivity index (χ0n) is 27.6. The van der Waals surface area contributed by atoms with E-state index in [1.807, 2.05) is 84.5 Å². The summed E-state index contributed by atoms with van der Waals surface area (Å²) in [6, 6.07) is 17.7. The van der Waals surface area contributed by atoms with E-state index in [1.54, 1.807) is 23.5 Å². The highest BCUT2D eigenvalue weighted by Crippen LogP contribution is 2.42. The zero-order valence-corrected chi connectivity index (χ0v) is 30.0. The highest BCUT2D eigenvalue weighted by molar-refractivity contribution is 7.98. The van der Waals surface area contributed by atoms with Gasteiger partial charge in [-0.1, -0.05) is 41.9 Å². The predicted octanol–water partition coefficient (Wildman–Crippen LogP) is 7.57. The normalized spacial score (nSPS) is 11.6. The quantitative estimate of drug-likeness (QED) is 0.0993. The number of benzene rings is 3. The summed E-state index contributed by atoms with van der Waals surface area (Å²) in [6.07, 6.45) is 1.05. The van der Waals surface area contributed by atoms with Gasteiger partial charge < -0.3 is 19.5 Å². The summed E-state index contributed by atoms with van der Waals surface area (Å²) in [5.41, 5.74) is 7.90. The van der Waals surface area contributed by atoms with E-state index in [9.17, 15) is 15.0 Å². The summed E-state index contributed by atoms with van der Waals surface area (Å²) >= 11 is 10.4. The van der Waals surface area contributed by atoms with Crippen LogP contribution in [0.25, 0.3) is 32.9 Å². The molecular weight excluding hydrogens is 666 g/mol. The second-order valence-corrected chi connectivity index (χ2v) is 14.2. The molecule has 9 nitrogen and oxygen atoms in total. The van der Waals surface area contributed by atoms with E-state index < -0.39 is 5.97 Å². The number of halogens is 1. The third-order valence-corrected chi connectivity index (χ3v) is 11.0. The fraction of sp³-hybridized carbons (Fsp3) is 0.306. The number of hydrogen-bond acceptors (Lipinski definition) is 8. The zero-order chi connectivity index (χ0) is 34.1. The summed E-state index contributed by atoms with van der Waals surface area (Å²) in [7, 11) is 7.11. The van der Waals surface area contributed by atoms with Crippen molar-refractivity contribution in [1.82, 2.24) is 24.1 Å². The van der Waals surface area contributed by atoms with Crippen LogP contribution in [0.4, 0.5) is 0 Å². The molecule has 0 bridgehead atoms. The average molecular weight is 704 g/mol. The molecule has 0 atom stereocenters. The Labute approximate surface area is 292 Å². The monoisotopic (exact) mass is 703 g/mol. The maximum absolute atomic E-state index is 13.0. The van der Waals surface area contributed by atoms with Crippen molar-refractivity contribution in [1.29, 1.82) is 0 Å². The van der Waals surface area contributed by atoms with Crippen LogP contribution in [0.2, 0.25) is 5.02 Å². The number of aliphatic hydroxyl groups excluding tert-OH is 1. The highest BCUT2D eigenvalue weighted by Gasteiger charge is 2.27. The number of rotatable bonds is 12. The van der Waals surface area contributed by atoms with E-state index in [4.69, 9.17) is 26.5 Å². The maximum Gasteiger partial charge on any atom is 0.354 e. The summed E-state index contributed by atoms with van der Waals surface area (Å²) in [4.78, 5) is 14.0.